The molecule has 3 amide bonds. The van der Waals surface area contributed by atoms with E-state index in [1.54, 1.807) is 24.3 Å². The molecule has 1 saturated heterocycles. The van der Waals surface area contributed by atoms with E-state index in [0.717, 1.165) is 29.7 Å². The summed E-state index contributed by atoms with van der Waals surface area (Å²) in [4.78, 5) is 41.0. The minimum atomic E-state index is -0.360. The zero-order chi connectivity index (χ0) is 22.1. The molecule has 0 radical (unpaired) electrons. The molecule has 160 valence electrons. The topological polar surface area (TPSA) is 66.5 Å². The van der Waals surface area contributed by atoms with Gasteiger partial charge >= 0.3 is 0 Å². The number of hydrogen-bond acceptors (Lipinski definition) is 3. The predicted octanol–water partition coefficient (Wildman–Crippen LogP) is 4.77. The van der Waals surface area contributed by atoms with Gasteiger partial charge in [-0.2, -0.15) is 0 Å². The van der Waals surface area contributed by atoms with Gasteiger partial charge in [0, 0.05) is 5.69 Å². The Morgan fingerprint density at radius 1 is 1.00 bits per heavy atom. The summed E-state index contributed by atoms with van der Waals surface area (Å²) in [5, 5.41) is 3.06. The molecule has 1 aliphatic carbocycles. The van der Waals surface area contributed by atoms with E-state index >= 15 is 0 Å². The summed E-state index contributed by atoms with van der Waals surface area (Å²) in [5.41, 5.74) is 3.63. The van der Waals surface area contributed by atoms with Crippen LogP contribution in [0.2, 0.25) is 0 Å². The Morgan fingerprint density at radius 3 is 2.32 bits per heavy atom. The third-order valence-electron chi connectivity index (χ3n) is 6.50. The van der Waals surface area contributed by atoms with Crippen LogP contribution in [0.4, 0.5) is 11.4 Å². The Labute approximate surface area is 183 Å². The van der Waals surface area contributed by atoms with Crippen LogP contribution >= 0.6 is 0 Å². The largest absolute Gasteiger partial charge is 0.321 e. The van der Waals surface area contributed by atoms with Crippen molar-refractivity contribution in [1.82, 2.24) is 0 Å². The molecule has 1 aliphatic heterocycles. The van der Waals surface area contributed by atoms with Crippen molar-refractivity contribution in [3.8, 4) is 0 Å². The third kappa shape index (κ3) is 3.58. The van der Waals surface area contributed by atoms with E-state index in [9.17, 15) is 14.4 Å². The van der Waals surface area contributed by atoms with Gasteiger partial charge in [-0.15, -0.1) is 0 Å². The average molecular weight is 417 g/mol. The first-order valence-corrected chi connectivity index (χ1v) is 11.0. The Kier molecular flexibility index (Phi) is 5.77. The van der Waals surface area contributed by atoms with E-state index in [4.69, 9.17) is 0 Å². The molecule has 3 atom stereocenters. The number of allylic oxidation sites excluding steroid dienone is 2. The molecule has 5 nitrogen and oxygen atoms in total. The summed E-state index contributed by atoms with van der Waals surface area (Å²) < 4.78 is 0. The molecule has 1 fully saturated rings. The number of nitrogens with one attached hydrogen (secondary N) is 1. The number of carbonyl (C=O) groups excluding carboxylic acids is 3. The maximum atomic E-state index is 13.3. The number of benzene rings is 2. The molecule has 2 aromatic carbocycles. The number of amides is 3. The quantitative estimate of drug-likeness (QED) is 0.564. The second kappa shape index (κ2) is 8.50. The highest BCUT2D eigenvalue weighted by molar-refractivity contribution is 6.25. The molecule has 0 spiro atoms. The lowest BCUT2D eigenvalue weighted by molar-refractivity contribution is -0.122. The second-order valence-corrected chi connectivity index (χ2v) is 8.30. The number of rotatable bonds is 5. The van der Waals surface area contributed by atoms with Crippen molar-refractivity contribution in [2.24, 2.45) is 17.8 Å². The van der Waals surface area contributed by atoms with Crippen LogP contribution in [-0.4, -0.2) is 17.7 Å². The van der Waals surface area contributed by atoms with Crippen LogP contribution in [0.1, 0.15) is 48.7 Å². The maximum absolute atomic E-state index is 13.3. The van der Waals surface area contributed by atoms with Crippen LogP contribution < -0.4 is 10.2 Å². The number of carbonyl (C=O) groups is 3. The number of aryl methyl sites for hydroxylation is 2. The van der Waals surface area contributed by atoms with E-state index in [2.05, 4.69) is 19.2 Å². The Bertz CT molecular complexity index is 1050. The molecule has 1 N–H and O–H groups in total. The van der Waals surface area contributed by atoms with Gasteiger partial charge in [0.1, 0.15) is 0 Å². The fourth-order valence-corrected chi connectivity index (χ4v) is 4.83. The minimum absolute atomic E-state index is 0.00438. The lowest BCUT2D eigenvalue weighted by Crippen LogP contribution is -2.33. The number of para-hydroxylation sites is 2. The van der Waals surface area contributed by atoms with Crippen molar-refractivity contribution in [3.05, 3.63) is 71.3 Å². The smallest absolute Gasteiger partial charge is 0.257 e. The Hall–Kier alpha value is -3.21. The zero-order valence-corrected chi connectivity index (χ0v) is 18.2. The first-order chi connectivity index (χ1) is 15.0. The van der Waals surface area contributed by atoms with Gasteiger partial charge < -0.3 is 5.32 Å². The summed E-state index contributed by atoms with van der Waals surface area (Å²) >= 11 is 0. The molecule has 0 bridgehead atoms. The van der Waals surface area contributed by atoms with Gasteiger partial charge in [0.25, 0.3) is 5.91 Å². The minimum Gasteiger partial charge on any atom is -0.321 e. The van der Waals surface area contributed by atoms with Crippen molar-refractivity contribution >= 4 is 29.1 Å². The lowest BCUT2D eigenvalue weighted by atomic mass is 9.78. The highest BCUT2D eigenvalue weighted by Crippen LogP contribution is 2.41. The number of nitrogens with zero attached hydrogens (tertiary/aromatic N) is 1. The molecule has 0 aromatic heterocycles. The van der Waals surface area contributed by atoms with Crippen LogP contribution in [0, 0.1) is 17.8 Å². The Balaban J connectivity index is 1.70. The summed E-state index contributed by atoms with van der Waals surface area (Å²) in [7, 11) is 0. The summed E-state index contributed by atoms with van der Waals surface area (Å²) in [6.45, 7) is 6.07. The van der Waals surface area contributed by atoms with E-state index in [1.165, 1.54) is 4.90 Å². The molecule has 0 unspecified atom stereocenters. The Morgan fingerprint density at radius 2 is 1.68 bits per heavy atom. The first-order valence-electron chi connectivity index (χ1n) is 11.0. The highest BCUT2D eigenvalue weighted by Gasteiger charge is 2.51. The van der Waals surface area contributed by atoms with Crippen molar-refractivity contribution in [2.45, 2.75) is 40.0 Å². The van der Waals surface area contributed by atoms with Gasteiger partial charge in [-0.25, -0.2) is 4.90 Å². The van der Waals surface area contributed by atoms with Crippen molar-refractivity contribution in [3.63, 3.8) is 0 Å². The summed E-state index contributed by atoms with van der Waals surface area (Å²) in [6, 6.07) is 12.9. The van der Waals surface area contributed by atoms with E-state index < -0.39 is 0 Å². The first kappa shape index (κ1) is 21.0. The summed E-state index contributed by atoms with van der Waals surface area (Å²) in [6.07, 6.45) is 6.13. The lowest BCUT2D eigenvalue weighted by Gasteiger charge is -2.22. The van der Waals surface area contributed by atoms with Crippen LogP contribution in [-0.2, 0) is 22.4 Å². The van der Waals surface area contributed by atoms with Crippen LogP contribution in [0.15, 0.2) is 54.6 Å². The molecular weight excluding hydrogens is 388 g/mol. The van der Waals surface area contributed by atoms with E-state index in [-0.39, 0.29) is 35.5 Å². The molecule has 31 heavy (non-hydrogen) atoms. The number of fused-ring (bicyclic) bond motifs is 1. The highest BCUT2D eigenvalue weighted by atomic mass is 16.2. The van der Waals surface area contributed by atoms with Crippen molar-refractivity contribution in [2.75, 3.05) is 10.2 Å². The number of anilines is 2. The van der Waals surface area contributed by atoms with Gasteiger partial charge in [0.05, 0.1) is 23.1 Å². The molecule has 2 aliphatic rings. The van der Waals surface area contributed by atoms with E-state index in [1.807, 2.05) is 37.3 Å². The van der Waals surface area contributed by atoms with Crippen molar-refractivity contribution in [1.29, 1.82) is 0 Å². The molecule has 2 aromatic rings. The standard InChI is InChI=1S/C26H28N2O3/c1-4-17-11-9-12-18(5-2)23(17)27-24(29)19-13-6-7-15-21(19)28-25(30)20-14-8-10-16(3)22(20)26(28)31/h6-13,15-16,20,22H,4-5,14H2,1-3H3,(H,27,29)/t16-,20+,22+/m0/s1. The molecule has 0 saturated carbocycles. The van der Waals surface area contributed by atoms with Gasteiger partial charge in [-0.05, 0) is 48.4 Å². The number of hydrogen-bond donors (Lipinski definition) is 1. The maximum Gasteiger partial charge on any atom is 0.257 e. The molecule has 1 heterocycles. The second-order valence-electron chi connectivity index (χ2n) is 8.30. The molecule has 4 rings (SSSR count). The van der Waals surface area contributed by atoms with Crippen LogP contribution in [0.5, 0.6) is 0 Å². The van der Waals surface area contributed by atoms with E-state index in [0.29, 0.717) is 17.7 Å². The number of imide groups is 1. The van der Waals surface area contributed by atoms with Crippen molar-refractivity contribution < 1.29 is 14.4 Å². The average Bonchev–Trinajstić information content (AvgIpc) is 3.04. The molecule has 5 heteroatoms. The van der Waals surface area contributed by atoms with Gasteiger partial charge in [0.2, 0.25) is 11.8 Å². The van der Waals surface area contributed by atoms with Gasteiger partial charge in [-0.3, -0.25) is 14.4 Å². The fraction of sp³-hybridized carbons (Fsp3) is 0.346. The SMILES string of the molecule is CCc1cccc(CC)c1NC(=O)c1ccccc1N1C(=O)[C@@H]2[C@@H](C)C=CC[C@H]2C1=O. The summed E-state index contributed by atoms with van der Waals surface area (Å²) in [5.74, 6) is -1.44. The zero-order valence-electron chi connectivity index (χ0n) is 18.2. The fourth-order valence-electron chi connectivity index (χ4n) is 4.83. The van der Waals surface area contributed by atoms with Crippen LogP contribution in [0.3, 0.4) is 0 Å². The predicted molar refractivity (Wildman–Crippen MR) is 122 cm³/mol. The normalized spacial score (nSPS) is 22.5. The third-order valence-corrected chi connectivity index (χ3v) is 6.50. The monoisotopic (exact) mass is 416 g/mol. The van der Waals surface area contributed by atoms with Gasteiger partial charge in [0.15, 0.2) is 0 Å². The van der Waals surface area contributed by atoms with Gasteiger partial charge in [-0.1, -0.05) is 63.3 Å². The van der Waals surface area contributed by atoms with Crippen LogP contribution in [0.25, 0.3) is 0 Å². The molecular formula is C26H28N2O3.